The summed E-state index contributed by atoms with van der Waals surface area (Å²) in [5.74, 6) is -0.314. The molecule has 3 aromatic rings. The van der Waals surface area contributed by atoms with Crippen molar-refractivity contribution in [3.63, 3.8) is 0 Å². The molecule has 29 heavy (non-hydrogen) atoms. The maximum Gasteiger partial charge on any atom is 0.205 e. The second-order valence-electron chi connectivity index (χ2n) is 6.48. The molecule has 0 saturated carbocycles. The van der Waals surface area contributed by atoms with Crippen LogP contribution in [0.15, 0.2) is 95.0 Å². The van der Waals surface area contributed by atoms with Crippen molar-refractivity contribution in [1.29, 1.82) is 0 Å². The van der Waals surface area contributed by atoms with Crippen LogP contribution in [0, 0.1) is 5.82 Å². The highest BCUT2D eigenvalue weighted by Crippen LogP contribution is 2.39. The topological polar surface area (TPSA) is 31.2 Å². The molecule has 0 saturated heterocycles. The number of hydrogen-bond acceptors (Lipinski definition) is 4. The number of fused-ring (bicyclic) bond motifs is 1. The zero-order chi connectivity index (χ0) is 19.8. The molecule has 0 aliphatic carbocycles. The van der Waals surface area contributed by atoms with Crippen molar-refractivity contribution >= 4 is 45.0 Å². The summed E-state index contributed by atoms with van der Waals surface area (Å²) in [7, 11) is 0. The minimum absolute atomic E-state index is 0.314. The molecule has 0 fully saturated rings. The summed E-state index contributed by atoms with van der Waals surface area (Å²) in [4.78, 5) is 6.69. The van der Waals surface area contributed by atoms with E-state index < -0.39 is 6.17 Å². The van der Waals surface area contributed by atoms with E-state index in [0.29, 0.717) is 15.8 Å². The fraction of sp³-hybridized carbons (Fsp3) is 0.0455. The highest BCUT2D eigenvalue weighted by molar-refractivity contribution is 8.27. The monoisotopic (exact) mass is 418 g/mol. The molecule has 7 heteroatoms. The summed E-state index contributed by atoms with van der Waals surface area (Å²) in [6.45, 7) is 0. The number of aliphatic imine (C=N–C) groups is 1. The lowest BCUT2D eigenvalue weighted by Gasteiger charge is -2.37. The van der Waals surface area contributed by atoms with Crippen molar-refractivity contribution in [2.75, 3.05) is 4.90 Å². The van der Waals surface area contributed by atoms with Gasteiger partial charge in [-0.1, -0.05) is 66.7 Å². The third kappa shape index (κ3) is 3.22. The molecule has 2 aliphatic rings. The van der Waals surface area contributed by atoms with E-state index in [0.717, 1.165) is 16.3 Å². The summed E-state index contributed by atoms with van der Waals surface area (Å²) in [5, 5.41) is 8.28. The van der Waals surface area contributed by atoms with Crippen molar-refractivity contribution < 1.29 is 4.39 Å². The second kappa shape index (κ2) is 7.42. The lowest BCUT2D eigenvalue weighted by atomic mass is 10.1. The number of amidine groups is 1. The summed E-state index contributed by atoms with van der Waals surface area (Å²) in [6.07, 6.45) is -0.602. The van der Waals surface area contributed by atoms with Crippen LogP contribution in [0.4, 0.5) is 10.1 Å². The van der Waals surface area contributed by atoms with E-state index in [4.69, 9.17) is 22.3 Å². The molecule has 2 heterocycles. The fourth-order valence-corrected chi connectivity index (χ4v) is 4.60. The molecule has 0 bridgehead atoms. The Morgan fingerprint density at radius 1 is 0.862 bits per heavy atom. The Morgan fingerprint density at radius 2 is 1.52 bits per heavy atom. The van der Waals surface area contributed by atoms with Gasteiger partial charge >= 0.3 is 0 Å². The predicted octanol–water partition coefficient (Wildman–Crippen LogP) is 5.40. The zero-order valence-corrected chi connectivity index (χ0v) is 16.8. The first-order valence-corrected chi connectivity index (χ1v) is 10.3. The number of anilines is 1. The van der Waals surface area contributed by atoms with Gasteiger partial charge in [0.1, 0.15) is 10.9 Å². The number of hydrogen-bond donors (Lipinski definition) is 0. The minimum atomic E-state index is -0.602. The van der Waals surface area contributed by atoms with Gasteiger partial charge < -0.3 is 0 Å². The van der Waals surface area contributed by atoms with Gasteiger partial charge in [-0.05, 0) is 42.2 Å². The van der Waals surface area contributed by atoms with Crippen LogP contribution in [-0.2, 0) is 0 Å². The Kier molecular flexibility index (Phi) is 4.61. The number of halogens is 1. The molecule has 2 aliphatic heterocycles. The lowest BCUT2D eigenvalue weighted by Crippen LogP contribution is -2.47. The molecule has 0 unspecified atom stereocenters. The molecule has 0 amide bonds. The van der Waals surface area contributed by atoms with Crippen LogP contribution < -0.4 is 4.90 Å². The van der Waals surface area contributed by atoms with Crippen LogP contribution in [0.3, 0.4) is 0 Å². The third-order valence-corrected chi connectivity index (χ3v) is 6.00. The second-order valence-corrected chi connectivity index (χ2v) is 7.80. The van der Waals surface area contributed by atoms with Crippen molar-refractivity contribution in [3.8, 4) is 0 Å². The largest absolute Gasteiger partial charge is 0.290 e. The Bertz CT molecular complexity index is 1130. The SMILES string of the molecule is Fc1ccccc1[C@H]1N=C2SC(c3ccccc3)=NN2C(=S)N1c1ccccc1. The van der Waals surface area contributed by atoms with Gasteiger partial charge in [0.15, 0.2) is 11.3 Å². The van der Waals surface area contributed by atoms with E-state index in [1.165, 1.54) is 17.8 Å². The third-order valence-electron chi connectivity index (χ3n) is 4.66. The molecule has 0 aromatic heterocycles. The molecule has 4 nitrogen and oxygen atoms in total. The number of nitrogens with zero attached hydrogens (tertiary/aromatic N) is 4. The quantitative estimate of drug-likeness (QED) is 0.533. The Labute approximate surface area is 177 Å². The van der Waals surface area contributed by atoms with Gasteiger partial charge in [0.05, 0.1) is 0 Å². The van der Waals surface area contributed by atoms with Gasteiger partial charge in [0, 0.05) is 16.8 Å². The van der Waals surface area contributed by atoms with Crippen LogP contribution in [-0.4, -0.2) is 20.3 Å². The first-order valence-electron chi connectivity index (χ1n) is 9.05. The minimum Gasteiger partial charge on any atom is -0.290 e. The van der Waals surface area contributed by atoms with Gasteiger partial charge in [0.25, 0.3) is 0 Å². The van der Waals surface area contributed by atoms with Crippen molar-refractivity contribution in [1.82, 2.24) is 5.01 Å². The van der Waals surface area contributed by atoms with Gasteiger partial charge in [-0.2, -0.15) is 10.1 Å². The summed E-state index contributed by atoms with van der Waals surface area (Å²) >= 11 is 7.24. The van der Waals surface area contributed by atoms with Crippen LogP contribution in [0.1, 0.15) is 17.3 Å². The number of para-hydroxylation sites is 1. The van der Waals surface area contributed by atoms with Crippen molar-refractivity contribution in [2.45, 2.75) is 6.17 Å². The van der Waals surface area contributed by atoms with Crippen LogP contribution in [0.2, 0.25) is 0 Å². The van der Waals surface area contributed by atoms with E-state index >= 15 is 0 Å². The summed E-state index contributed by atoms with van der Waals surface area (Å²) in [5.41, 5.74) is 2.30. The molecular formula is C22H15FN4S2. The molecule has 0 N–H and O–H groups in total. The molecule has 0 radical (unpaired) electrons. The highest BCUT2D eigenvalue weighted by Gasteiger charge is 2.39. The zero-order valence-electron chi connectivity index (χ0n) is 15.1. The van der Waals surface area contributed by atoms with Gasteiger partial charge in [-0.3, -0.25) is 4.90 Å². The average molecular weight is 419 g/mol. The van der Waals surface area contributed by atoms with Crippen LogP contribution >= 0.6 is 24.0 Å². The number of thiocarbonyl (C=S) groups is 1. The average Bonchev–Trinajstić information content (AvgIpc) is 3.20. The molecule has 1 atom stereocenters. The highest BCUT2D eigenvalue weighted by atomic mass is 32.2. The number of thioether (sulfide) groups is 1. The molecular weight excluding hydrogens is 403 g/mol. The van der Waals surface area contributed by atoms with E-state index in [1.807, 2.05) is 71.6 Å². The Hall–Kier alpha value is -3.03. The Morgan fingerprint density at radius 3 is 2.24 bits per heavy atom. The van der Waals surface area contributed by atoms with Gasteiger partial charge in [0.2, 0.25) is 5.11 Å². The molecule has 0 spiro atoms. The smallest absolute Gasteiger partial charge is 0.205 e. The number of hydrazone groups is 1. The number of benzene rings is 3. The van der Waals surface area contributed by atoms with Crippen LogP contribution in [0.5, 0.6) is 0 Å². The first kappa shape index (κ1) is 18.0. The van der Waals surface area contributed by atoms with E-state index in [1.54, 1.807) is 17.1 Å². The predicted molar refractivity (Wildman–Crippen MR) is 121 cm³/mol. The van der Waals surface area contributed by atoms with Gasteiger partial charge in [-0.25, -0.2) is 9.38 Å². The lowest BCUT2D eigenvalue weighted by molar-refractivity contribution is 0.557. The summed E-state index contributed by atoms with van der Waals surface area (Å²) < 4.78 is 14.7. The molecule has 5 rings (SSSR count). The first-order chi connectivity index (χ1) is 14.2. The van der Waals surface area contributed by atoms with E-state index in [-0.39, 0.29) is 5.82 Å². The van der Waals surface area contributed by atoms with E-state index in [2.05, 4.69) is 0 Å². The van der Waals surface area contributed by atoms with Crippen molar-refractivity contribution in [3.05, 3.63) is 102 Å². The normalized spacial score (nSPS) is 18.4. The maximum atomic E-state index is 14.7. The summed E-state index contributed by atoms with van der Waals surface area (Å²) in [6, 6.07) is 26.2. The van der Waals surface area contributed by atoms with E-state index in [9.17, 15) is 4.39 Å². The maximum absolute atomic E-state index is 14.7. The standard InChI is InChI=1S/C22H15FN4S2/c23-18-14-8-7-13-17(18)19-24-21-27(22(28)26(19)16-11-5-2-6-12-16)25-20(29-21)15-9-3-1-4-10-15/h1-14,19H/t19-/m0/s1. The molecule has 142 valence electrons. The number of rotatable bonds is 3. The van der Waals surface area contributed by atoms with Crippen molar-refractivity contribution in [2.24, 2.45) is 10.1 Å². The fourth-order valence-electron chi connectivity index (χ4n) is 3.29. The molecule has 3 aromatic carbocycles. The van der Waals surface area contributed by atoms with Gasteiger partial charge in [-0.15, -0.1) is 0 Å². The van der Waals surface area contributed by atoms with Crippen LogP contribution in [0.25, 0.3) is 0 Å². The Balaban J connectivity index is 1.62.